The Morgan fingerprint density at radius 2 is 2.16 bits per heavy atom. The number of aliphatic hydroxyl groups is 1. The molecule has 0 bridgehead atoms. The van der Waals surface area contributed by atoms with Gasteiger partial charge in [-0.3, -0.25) is 13.9 Å². The Bertz CT molecular complexity index is 853. The number of hydrogen-bond acceptors (Lipinski definition) is 4. The van der Waals surface area contributed by atoms with Gasteiger partial charge < -0.3 is 9.67 Å². The number of rotatable bonds is 5. The van der Waals surface area contributed by atoms with Crippen LogP contribution in [-0.2, 0) is 20.6 Å². The fraction of sp³-hybridized carbons (Fsp3) is 0.583. The van der Waals surface area contributed by atoms with Crippen molar-refractivity contribution in [3.05, 3.63) is 27.1 Å². The Morgan fingerprint density at radius 3 is 2.84 bits per heavy atom. The van der Waals surface area contributed by atoms with Crippen LogP contribution in [0.1, 0.15) is 24.7 Å². The van der Waals surface area contributed by atoms with Crippen molar-refractivity contribution in [1.82, 2.24) is 18.7 Å². The van der Waals surface area contributed by atoms with Crippen LogP contribution in [0, 0.1) is 0 Å². The maximum absolute atomic E-state index is 12.5. The quantitative estimate of drug-likeness (QED) is 0.801. The molecular weight excluding hydrogens is 248 g/mol. The fourth-order valence-electron chi connectivity index (χ4n) is 1.94. The Balaban J connectivity index is 2.41. The summed E-state index contributed by atoms with van der Waals surface area (Å²) in [6.45, 7) is -1.93. The van der Waals surface area contributed by atoms with Gasteiger partial charge in [0.2, 0.25) is 0 Å². The summed E-state index contributed by atoms with van der Waals surface area (Å²) in [6, 6.07) is 0. The first-order chi connectivity index (χ1) is 10.6. The summed E-state index contributed by atoms with van der Waals surface area (Å²) in [5.41, 5.74) is -0.947. The Kier molecular flexibility index (Phi) is 2.58. The van der Waals surface area contributed by atoms with Crippen LogP contribution in [0.25, 0.3) is 11.2 Å². The molecule has 1 atom stereocenters. The highest BCUT2D eigenvalue weighted by Gasteiger charge is 2.14. The summed E-state index contributed by atoms with van der Waals surface area (Å²) < 4.78 is 33.0. The number of aromatic nitrogens is 4. The van der Waals surface area contributed by atoms with Gasteiger partial charge in [-0.25, -0.2) is 9.78 Å². The van der Waals surface area contributed by atoms with Crippen molar-refractivity contribution in [3.63, 3.8) is 0 Å². The van der Waals surface area contributed by atoms with Crippen molar-refractivity contribution in [3.8, 4) is 0 Å². The number of fused-ring (bicyclic) bond motifs is 1. The van der Waals surface area contributed by atoms with E-state index in [0.29, 0.717) is 0 Å². The highest BCUT2D eigenvalue weighted by Crippen LogP contribution is 2.03. The molecule has 19 heavy (non-hydrogen) atoms. The smallest absolute Gasteiger partial charge is 0.332 e. The Hall–Kier alpha value is -1.89. The van der Waals surface area contributed by atoms with Crippen molar-refractivity contribution in [2.45, 2.75) is 25.8 Å². The lowest BCUT2D eigenvalue weighted by Crippen LogP contribution is -2.39. The lowest BCUT2D eigenvalue weighted by Gasteiger charge is -2.08. The first-order valence-electron chi connectivity index (χ1n) is 7.89. The van der Waals surface area contributed by atoms with Gasteiger partial charge in [0.25, 0.3) is 5.56 Å². The third kappa shape index (κ3) is 2.33. The third-order valence-electron chi connectivity index (χ3n) is 2.93. The zero-order valence-corrected chi connectivity index (χ0v) is 10.8. The molecule has 2 aromatic heterocycles. The number of aryl methyl sites for hydroxylation is 2. The molecule has 0 saturated carbocycles. The molecule has 2 rings (SSSR count). The van der Waals surface area contributed by atoms with Crippen molar-refractivity contribution in [1.29, 1.82) is 0 Å². The lowest BCUT2D eigenvalue weighted by molar-refractivity contribution is 0.281. The highest BCUT2D eigenvalue weighted by molar-refractivity contribution is 5.69. The Morgan fingerprint density at radius 1 is 1.42 bits per heavy atom. The third-order valence-corrected chi connectivity index (χ3v) is 2.93. The molecule has 0 aliphatic heterocycles. The normalized spacial score (nSPS) is 16.8. The molecule has 0 aromatic carbocycles. The van der Waals surface area contributed by atoms with Gasteiger partial charge in [0.1, 0.15) is 1.37 Å². The molecule has 0 aliphatic carbocycles. The minimum Gasteiger partial charge on any atom is -0.396 e. The van der Waals surface area contributed by atoms with E-state index >= 15 is 0 Å². The van der Waals surface area contributed by atoms with E-state index < -0.39 is 24.2 Å². The first-order valence-corrected chi connectivity index (χ1v) is 5.81. The molecule has 0 aliphatic rings. The monoisotopic (exact) mass is 270 g/mol. The number of hydrogen-bond donors (Lipinski definition) is 1. The van der Waals surface area contributed by atoms with E-state index in [2.05, 4.69) is 4.98 Å². The summed E-state index contributed by atoms with van der Waals surface area (Å²) in [5.74, 6) is 0. The zero-order chi connectivity index (χ0) is 17.5. The topological polar surface area (TPSA) is 82.1 Å². The van der Waals surface area contributed by atoms with Gasteiger partial charge >= 0.3 is 5.69 Å². The van der Waals surface area contributed by atoms with Crippen LogP contribution in [0.3, 0.4) is 0 Å². The van der Waals surface area contributed by atoms with Crippen LogP contribution in [-0.4, -0.2) is 30.4 Å². The molecule has 0 saturated heterocycles. The second kappa shape index (κ2) is 5.40. The summed E-state index contributed by atoms with van der Waals surface area (Å²) >= 11 is 0. The van der Waals surface area contributed by atoms with Gasteiger partial charge in [0.05, 0.1) is 7.67 Å². The molecule has 2 aromatic rings. The number of aliphatic hydroxyl groups excluding tert-OH is 1. The van der Waals surface area contributed by atoms with Crippen LogP contribution >= 0.6 is 0 Å². The minimum absolute atomic E-state index is 0.0494. The van der Waals surface area contributed by atoms with E-state index in [9.17, 15) is 9.59 Å². The summed E-state index contributed by atoms with van der Waals surface area (Å²) in [5, 5.41) is 9.04. The largest absolute Gasteiger partial charge is 0.396 e. The predicted molar refractivity (Wildman–Crippen MR) is 71.2 cm³/mol. The second-order valence-electron chi connectivity index (χ2n) is 4.18. The van der Waals surface area contributed by atoms with E-state index in [1.54, 1.807) is 0 Å². The van der Waals surface area contributed by atoms with Gasteiger partial charge in [-0.1, -0.05) is 0 Å². The van der Waals surface area contributed by atoms with Crippen molar-refractivity contribution in [2.24, 2.45) is 14.1 Å². The summed E-state index contributed by atoms with van der Waals surface area (Å²) in [6.07, 6.45) is -2.31. The summed E-state index contributed by atoms with van der Waals surface area (Å²) in [7, 11) is 2.95. The molecule has 0 radical (unpaired) electrons. The van der Waals surface area contributed by atoms with Gasteiger partial charge in [0, 0.05) is 30.0 Å². The molecule has 104 valence electrons. The van der Waals surface area contributed by atoms with E-state index in [0.717, 1.165) is 4.57 Å². The van der Waals surface area contributed by atoms with E-state index in [1.165, 1.54) is 23.2 Å². The number of imidazole rings is 1. The standard InChI is InChI=1S/C12H18N4O3/c1-14-8-13-10-9(14)11(18)16(12(19)15(10)2)6-4-3-5-7-17/h8,17H,3-7H2,1-2H3/i5D2,7D,8D/t7-/m1/s1. The van der Waals surface area contributed by atoms with Crippen molar-refractivity contribution < 1.29 is 10.6 Å². The van der Waals surface area contributed by atoms with Crippen LogP contribution in [0.4, 0.5) is 0 Å². The van der Waals surface area contributed by atoms with Crippen molar-refractivity contribution >= 4 is 11.2 Å². The molecule has 0 spiro atoms. The number of nitrogens with zero attached hydrogens (tertiary/aromatic N) is 4. The SMILES string of the molecule is [2H]c1nc2c(c(=O)n(CCCC([2H])([2H])[C@@H]([2H])O)c(=O)n2C)n1C. The molecule has 0 unspecified atom stereocenters. The van der Waals surface area contributed by atoms with E-state index in [1.807, 2.05) is 0 Å². The molecular formula is C12H18N4O3. The fourth-order valence-corrected chi connectivity index (χ4v) is 1.94. The molecule has 7 nitrogen and oxygen atoms in total. The Labute approximate surface area is 115 Å². The van der Waals surface area contributed by atoms with Crippen molar-refractivity contribution in [2.75, 3.05) is 6.58 Å². The first kappa shape index (κ1) is 9.08. The maximum atomic E-state index is 12.5. The average Bonchev–Trinajstić information content (AvgIpc) is 2.76. The van der Waals surface area contributed by atoms with Gasteiger partial charge in [-0.15, -0.1) is 0 Å². The average molecular weight is 270 g/mol. The molecule has 0 fully saturated rings. The zero-order valence-electron chi connectivity index (χ0n) is 14.8. The van der Waals surface area contributed by atoms with Gasteiger partial charge in [-0.2, -0.15) is 0 Å². The van der Waals surface area contributed by atoms with E-state index in [4.69, 9.17) is 10.6 Å². The lowest BCUT2D eigenvalue weighted by atomic mass is 10.2. The molecule has 1 N–H and O–H groups in total. The van der Waals surface area contributed by atoms with E-state index in [-0.39, 0.29) is 36.9 Å². The molecule has 0 amide bonds. The maximum Gasteiger partial charge on any atom is 0.332 e. The minimum atomic E-state index is -2.11. The second-order valence-corrected chi connectivity index (χ2v) is 4.18. The predicted octanol–water partition coefficient (Wildman–Crippen LogP) is -0.404. The van der Waals surface area contributed by atoms with Gasteiger partial charge in [-0.05, 0) is 19.2 Å². The summed E-state index contributed by atoms with van der Waals surface area (Å²) in [4.78, 5) is 28.6. The highest BCUT2D eigenvalue weighted by atomic mass is 16.3. The molecule has 7 heteroatoms. The van der Waals surface area contributed by atoms with Gasteiger partial charge in [0.15, 0.2) is 11.2 Å². The molecule has 2 heterocycles. The van der Waals surface area contributed by atoms with Crippen LogP contribution in [0.5, 0.6) is 0 Å². The van der Waals surface area contributed by atoms with Crippen LogP contribution in [0.2, 0.25) is 0 Å². The van der Waals surface area contributed by atoms with Crippen LogP contribution in [0.15, 0.2) is 15.9 Å². The van der Waals surface area contributed by atoms with Crippen LogP contribution < -0.4 is 11.2 Å².